The van der Waals surface area contributed by atoms with Crippen molar-refractivity contribution in [3.8, 4) is 5.75 Å². The van der Waals surface area contributed by atoms with Crippen LogP contribution in [0.1, 0.15) is 21.7 Å². The predicted octanol–water partition coefficient (Wildman–Crippen LogP) is 1.06. The predicted molar refractivity (Wildman–Crippen MR) is 121 cm³/mol. The minimum absolute atomic E-state index is 0.144. The number of urea groups is 2. The van der Waals surface area contributed by atoms with E-state index in [1.165, 1.54) is 23.1 Å². The van der Waals surface area contributed by atoms with Crippen molar-refractivity contribution in [1.82, 2.24) is 25.8 Å². The molecule has 2 aromatic heterocycles. The minimum atomic E-state index is -1.64. The number of hydrogen-bond acceptors (Lipinski definition) is 7. The van der Waals surface area contributed by atoms with E-state index in [0.717, 1.165) is 5.56 Å². The number of hydrogen-bond donors (Lipinski definition) is 3. The summed E-state index contributed by atoms with van der Waals surface area (Å²) >= 11 is 0. The summed E-state index contributed by atoms with van der Waals surface area (Å²) in [5.41, 5.74) is 0.0201. The van der Waals surface area contributed by atoms with Crippen LogP contribution >= 0.6 is 0 Å². The van der Waals surface area contributed by atoms with Crippen LogP contribution in [0.2, 0.25) is 0 Å². The summed E-state index contributed by atoms with van der Waals surface area (Å²) in [4.78, 5) is 57.8. The van der Waals surface area contributed by atoms with Gasteiger partial charge in [-0.05, 0) is 23.8 Å². The Morgan fingerprint density at radius 2 is 2.03 bits per heavy atom. The molecule has 1 atom stereocenters. The number of benzene rings is 1. The lowest BCUT2D eigenvalue weighted by Gasteiger charge is -2.29. The number of amides is 6. The highest BCUT2D eigenvalue weighted by Gasteiger charge is 2.53. The van der Waals surface area contributed by atoms with Gasteiger partial charge in [-0.3, -0.25) is 19.8 Å². The van der Waals surface area contributed by atoms with Gasteiger partial charge in [-0.25, -0.2) is 14.6 Å². The number of carbonyl (C=O) groups excluding carboxylic acids is 4. The fourth-order valence-electron chi connectivity index (χ4n) is 4.71. The highest BCUT2D eigenvalue weighted by atomic mass is 16.5. The van der Waals surface area contributed by atoms with E-state index in [1.807, 2.05) is 0 Å². The van der Waals surface area contributed by atoms with Crippen LogP contribution in [0.4, 0.5) is 15.4 Å². The van der Waals surface area contributed by atoms with Gasteiger partial charge in [-0.15, -0.1) is 0 Å². The molecule has 3 aromatic rings. The largest absolute Gasteiger partial charge is 0.497 e. The summed E-state index contributed by atoms with van der Waals surface area (Å²) < 4.78 is 11.3. The molecular formula is C23H20N6O6. The molecule has 0 bridgehead atoms. The molecule has 12 nitrogen and oxygen atoms in total. The summed E-state index contributed by atoms with van der Waals surface area (Å²) in [5, 5.41) is 8.21. The highest BCUT2D eigenvalue weighted by Crippen LogP contribution is 2.35. The number of imide groups is 1. The van der Waals surface area contributed by atoms with Crippen molar-refractivity contribution >= 4 is 40.7 Å². The number of furan rings is 1. The third kappa shape index (κ3) is 3.17. The van der Waals surface area contributed by atoms with E-state index < -0.39 is 17.5 Å². The van der Waals surface area contributed by atoms with E-state index >= 15 is 0 Å². The quantitative estimate of drug-likeness (QED) is 0.467. The Morgan fingerprint density at radius 1 is 1.17 bits per heavy atom. The Morgan fingerprint density at radius 3 is 2.74 bits per heavy atom. The monoisotopic (exact) mass is 476 g/mol. The van der Waals surface area contributed by atoms with Crippen molar-refractivity contribution in [3.63, 3.8) is 0 Å². The van der Waals surface area contributed by atoms with Crippen LogP contribution in [0.15, 0.2) is 40.9 Å². The Bertz CT molecular complexity index is 1430. The molecule has 6 rings (SSSR count). The lowest BCUT2D eigenvalue weighted by Crippen LogP contribution is -2.52. The number of anilines is 1. The second-order valence-electron chi connectivity index (χ2n) is 8.57. The van der Waals surface area contributed by atoms with Gasteiger partial charge >= 0.3 is 12.1 Å². The molecule has 2 saturated heterocycles. The van der Waals surface area contributed by atoms with E-state index in [0.29, 0.717) is 41.2 Å². The van der Waals surface area contributed by atoms with Crippen molar-refractivity contribution < 1.29 is 28.3 Å². The van der Waals surface area contributed by atoms with Gasteiger partial charge in [-0.2, -0.15) is 0 Å². The van der Waals surface area contributed by atoms with Gasteiger partial charge in [0.15, 0.2) is 5.54 Å². The molecule has 0 aliphatic carbocycles. The number of aromatic nitrogens is 1. The maximum atomic E-state index is 13.2. The van der Waals surface area contributed by atoms with Crippen LogP contribution in [0.5, 0.6) is 5.75 Å². The van der Waals surface area contributed by atoms with E-state index in [1.54, 1.807) is 30.3 Å². The molecule has 0 spiro atoms. The van der Waals surface area contributed by atoms with Gasteiger partial charge in [0, 0.05) is 42.8 Å². The number of pyridine rings is 1. The first-order valence-electron chi connectivity index (χ1n) is 10.9. The van der Waals surface area contributed by atoms with Crippen LogP contribution in [-0.4, -0.2) is 60.5 Å². The molecule has 2 fully saturated rings. The molecule has 3 N–H and O–H groups in total. The summed E-state index contributed by atoms with van der Waals surface area (Å²) in [5.74, 6) is 0.193. The van der Waals surface area contributed by atoms with Crippen molar-refractivity contribution in [2.75, 3.05) is 31.6 Å². The zero-order chi connectivity index (χ0) is 24.3. The second kappa shape index (κ2) is 7.45. The lowest BCUT2D eigenvalue weighted by molar-refractivity contribution is -0.125. The molecule has 1 unspecified atom stereocenters. The molecule has 178 valence electrons. The molecular weight excluding hydrogens is 456 g/mol. The number of rotatable bonds is 5. The average molecular weight is 476 g/mol. The van der Waals surface area contributed by atoms with Gasteiger partial charge in [-0.1, -0.05) is 6.07 Å². The number of methoxy groups -OCH3 is 1. The number of nitrogens with zero attached hydrogens (tertiary/aromatic N) is 3. The first-order chi connectivity index (χ1) is 16.9. The van der Waals surface area contributed by atoms with Crippen LogP contribution in [-0.2, 0) is 16.9 Å². The molecule has 6 amide bonds. The van der Waals surface area contributed by atoms with Crippen LogP contribution in [0.3, 0.4) is 0 Å². The molecule has 12 heteroatoms. The third-order valence-corrected chi connectivity index (χ3v) is 6.51. The fourth-order valence-corrected chi connectivity index (χ4v) is 4.71. The molecule has 35 heavy (non-hydrogen) atoms. The Labute approximate surface area is 198 Å². The topological polar surface area (TPSA) is 146 Å². The highest BCUT2D eigenvalue weighted by molar-refractivity contribution is 6.08. The van der Waals surface area contributed by atoms with Gasteiger partial charge < -0.3 is 24.7 Å². The molecule has 0 radical (unpaired) electrons. The third-order valence-electron chi connectivity index (χ3n) is 6.51. The second-order valence-corrected chi connectivity index (χ2v) is 8.57. The summed E-state index contributed by atoms with van der Waals surface area (Å²) in [7, 11) is 1.52. The summed E-state index contributed by atoms with van der Waals surface area (Å²) in [6.07, 6.45) is 1.54. The summed E-state index contributed by atoms with van der Waals surface area (Å²) in [6, 6.07) is 7.49. The van der Waals surface area contributed by atoms with Crippen molar-refractivity contribution in [2.24, 2.45) is 0 Å². The van der Waals surface area contributed by atoms with Gasteiger partial charge in [0.1, 0.15) is 22.9 Å². The molecule has 1 aromatic carbocycles. The Balaban J connectivity index is 1.37. The standard InChI is InChI=1S/C23H20N6O6/c1-34-14-3-2-12-10-28(19(30)15(12)7-14)11-23(20(31)26-21(32)27-23)17-6-13-9-25-18(8-16(13)35-17)29-5-4-24-22(29)33/h2-3,6-9H,4-5,10-11H2,1H3,(H,24,33)(H2,26,27,31,32). The van der Waals surface area contributed by atoms with Gasteiger partial charge in [0.05, 0.1) is 13.7 Å². The number of ether oxygens (including phenoxy) is 1. The average Bonchev–Trinajstić information content (AvgIpc) is 3.60. The zero-order valence-electron chi connectivity index (χ0n) is 18.6. The van der Waals surface area contributed by atoms with Crippen LogP contribution in [0.25, 0.3) is 11.0 Å². The molecule has 5 heterocycles. The van der Waals surface area contributed by atoms with Gasteiger partial charge in [0.2, 0.25) is 0 Å². The van der Waals surface area contributed by atoms with E-state index in [9.17, 15) is 19.2 Å². The van der Waals surface area contributed by atoms with E-state index in [2.05, 4.69) is 20.9 Å². The maximum absolute atomic E-state index is 13.2. The number of fused-ring (bicyclic) bond motifs is 2. The van der Waals surface area contributed by atoms with Crippen molar-refractivity contribution in [1.29, 1.82) is 0 Å². The number of nitrogens with one attached hydrogen (secondary N) is 3. The van der Waals surface area contributed by atoms with E-state index in [4.69, 9.17) is 9.15 Å². The maximum Gasteiger partial charge on any atom is 0.323 e. The van der Waals surface area contributed by atoms with Crippen molar-refractivity contribution in [3.05, 3.63) is 53.4 Å². The first kappa shape index (κ1) is 21.0. The van der Waals surface area contributed by atoms with Crippen LogP contribution < -0.4 is 25.6 Å². The zero-order valence-corrected chi connectivity index (χ0v) is 18.6. The SMILES string of the molecule is COc1ccc2c(c1)C(=O)N(CC1(c3cc4cnc(N5CCNC5=O)cc4o3)NC(=O)NC1=O)C2. The Kier molecular flexibility index (Phi) is 4.46. The fraction of sp³-hybridized carbons (Fsp3) is 0.261. The Hall–Kier alpha value is -4.61. The molecule has 3 aliphatic rings. The minimum Gasteiger partial charge on any atom is -0.497 e. The van der Waals surface area contributed by atoms with Crippen molar-refractivity contribution in [2.45, 2.75) is 12.1 Å². The first-order valence-corrected chi connectivity index (χ1v) is 10.9. The summed E-state index contributed by atoms with van der Waals surface area (Å²) in [6.45, 7) is 1.10. The van der Waals surface area contributed by atoms with E-state index in [-0.39, 0.29) is 30.8 Å². The van der Waals surface area contributed by atoms with Crippen LogP contribution in [0, 0.1) is 0 Å². The smallest absolute Gasteiger partial charge is 0.323 e. The lowest BCUT2D eigenvalue weighted by atomic mass is 9.95. The molecule has 0 saturated carbocycles. The number of carbonyl (C=O) groups is 4. The van der Waals surface area contributed by atoms with Gasteiger partial charge in [0.25, 0.3) is 11.8 Å². The molecule has 3 aliphatic heterocycles. The normalized spacial score (nSPS) is 21.4.